The van der Waals surface area contributed by atoms with Gasteiger partial charge in [0.1, 0.15) is 6.04 Å². The van der Waals surface area contributed by atoms with E-state index >= 15 is 0 Å². The van der Waals surface area contributed by atoms with E-state index in [1.54, 1.807) is 27.7 Å². The average Bonchev–Trinajstić information content (AvgIpc) is 3.24. The first-order valence-corrected chi connectivity index (χ1v) is 9.77. The monoisotopic (exact) mass is 376 g/mol. The summed E-state index contributed by atoms with van der Waals surface area (Å²) in [4.78, 5) is 14.7. The number of thiophene rings is 1. The molecule has 0 bridgehead atoms. The maximum absolute atomic E-state index is 12.7. The topological polar surface area (TPSA) is 62.7 Å². The molecule has 3 rings (SSSR count). The first kappa shape index (κ1) is 16.9. The van der Waals surface area contributed by atoms with Crippen LogP contribution in [-0.4, -0.2) is 26.9 Å². The number of carbonyl (C=O) groups excluding carboxylic acids is 1. The summed E-state index contributed by atoms with van der Waals surface area (Å²) in [5, 5.41) is 12.0. The zero-order chi connectivity index (χ0) is 17.1. The smallest absolute Gasteiger partial charge is 0.247 e. The predicted molar refractivity (Wildman–Crippen MR) is 102 cm³/mol. The van der Waals surface area contributed by atoms with Crippen LogP contribution in [0.5, 0.6) is 0 Å². The van der Waals surface area contributed by atoms with E-state index in [1.165, 1.54) is 0 Å². The van der Waals surface area contributed by atoms with Gasteiger partial charge in [-0.05, 0) is 49.0 Å². The maximum Gasteiger partial charge on any atom is 0.247 e. The second kappa shape index (κ2) is 7.33. The molecule has 0 fully saturated rings. The van der Waals surface area contributed by atoms with Gasteiger partial charge in [-0.25, -0.2) is 0 Å². The largest absolute Gasteiger partial charge is 0.323 e. The van der Waals surface area contributed by atoms with E-state index in [2.05, 4.69) is 15.5 Å². The van der Waals surface area contributed by atoms with Crippen LogP contribution in [0.4, 0.5) is 5.69 Å². The summed E-state index contributed by atoms with van der Waals surface area (Å²) >= 11 is 8.47. The zero-order valence-electron chi connectivity index (χ0n) is 13.1. The van der Waals surface area contributed by atoms with Crippen molar-refractivity contribution in [2.24, 2.45) is 0 Å². The Balaban J connectivity index is 1.90. The molecule has 0 aliphatic carbocycles. The molecular weight excluding hydrogens is 360 g/mol. The zero-order valence-corrected chi connectivity index (χ0v) is 15.6. The van der Waals surface area contributed by atoms with Gasteiger partial charge in [-0.3, -0.25) is 14.5 Å². The Hall–Kier alpha value is -1.90. The third-order valence-corrected chi connectivity index (χ3v) is 5.53. The Labute approximate surface area is 153 Å². The molecule has 2 aromatic heterocycles. The minimum absolute atomic E-state index is 0.133. The van der Waals surface area contributed by atoms with Crippen LogP contribution in [0.15, 0.2) is 46.7 Å². The van der Waals surface area contributed by atoms with Gasteiger partial charge in [0.2, 0.25) is 5.91 Å². The van der Waals surface area contributed by atoms with Gasteiger partial charge >= 0.3 is 0 Å². The highest BCUT2D eigenvalue weighted by Gasteiger charge is 2.22. The summed E-state index contributed by atoms with van der Waals surface area (Å²) in [6.45, 7) is 1.82. The van der Waals surface area contributed by atoms with Crippen LogP contribution in [-0.2, 0) is 4.79 Å². The normalized spacial score (nSPS) is 12.1. The fourth-order valence-corrected chi connectivity index (χ4v) is 3.90. The van der Waals surface area contributed by atoms with E-state index in [4.69, 9.17) is 12.2 Å². The molecule has 5 nitrogen and oxygen atoms in total. The van der Waals surface area contributed by atoms with Gasteiger partial charge in [0.05, 0.1) is 10.6 Å². The van der Waals surface area contributed by atoms with E-state index < -0.39 is 6.04 Å². The number of anilines is 1. The number of nitrogens with one attached hydrogen (secondary N) is 2. The van der Waals surface area contributed by atoms with Gasteiger partial charge in [0.25, 0.3) is 0 Å². The number of thioether (sulfide) groups is 1. The second-order valence-electron chi connectivity index (χ2n) is 5.07. The maximum atomic E-state index is 12.7. The van der Waals surface area contributed by atoms with E-state index in [0.717, 1.165) is 15.5 Å². The van der Waals surface area contributed by atoms with Crippen molar-refractivity contribution in [1.82, 2.24) is 14.8 Å². The van der Waals surface area contributed by atoms with Crippen molar-refractivity contribution in [3.63, 3.8) is 0 Å². The number of benzene rings is 1. The predicted octanol–water partition coefficient (Wildman–Crippen LogP) is 4.59. The lowest BCUT2D eigenvalue weighted by molar-refractivity contribution is -0.118. The fraction of sp³-hybridized carbons (Fsp3) is 0.188. The number of hydrogen-bond donors (Lipinski definition) is 2. The van der Waals surface area contributed by atoms with E-state index in [9.17, 15) is 4.79 Å². The Morgan fingerprint density at radius 1 is 1.38 bits per heavy atom. The summed E-state index contributed by atoms with van der Waals surface area (Å²) in [6, 6.07) is 11.1. The molecule has 0 aliphatic rings. The summed E-state index contributed by atoms with van der Waals surface area (Å²) in [5.41, 5.74) is 0.800. The van der Waals surface area contributed by atoms with E-state index in [1.807, 2.05) is 55.0 Å². The Bertz CT molecular complexity index is 898. The Morgan fingerprint density at radius 2 is 2.17 bits per heavy atom. The van der Waals surface area contributed by atoms with Gasteiger partial charge in [0.15, 0.2) is 10.6 Å². The van der Waals surface area contributed by atoms with Crippen molar-refractivity contribution >= 4 is 46.9 Å². The summed E-state index contributed by atoms with van der Waals surface area (Å²) in [5.74, 6) is 0.544. The Morgan fingerprint density at radius 3 is 2.88 bits per heavy atom. The van der Waals surface area contributed by atoms with Crippen molar-refractivity contribution in [1.29, 1.82) is 0 Å². The standard InChI is InChI=1S/C16H16N4OS3/c1-10(15(21)17-11-6-3-4-7-12(11)23-2)20-14(18-19-16(20)22)13-8-5-9-24-13/h3-10H,1-2H3,(H,17,21)(H,19,22)/t10-/m0/s1. The van der Waals surface area contributed by atoms with Gasteiger partial charge in [-0.15, -0.1) is 23.1 Å². The van der Waals surface area contributed by atoms with Gasteiger partial charge in [-0.1, -0.05) is 18.2 Å². The summed E-state index contributed by atoms with van der Waals surface area (Å²) in [7, 11) is 0. The summed E-state index contributed by atoms with van der Waals surface area (Å²) < 4.78 is 2.18. The van der Waals surface area contributed by atoms with Crippen LogP contribution >= 0.6 is 35.3 Å². The molecule has 0 saturated heterocycles. The number of amides is 1. The third kappa shape index (κ3) is 3.31. The minimum Gasteiger partial charge on any atom is -0.323 e. The highest BCUT2D eigenvalue weighted by molar-refractivity contribution is 7.98. The molecular formula is C16H16N4OS3. The van der Waals surface area contributed by atoms with Gasteiger partial charge < -0.3 is 5.32 Å². The molecule has 3 aromatic rings. The number of aromatic amines is 1. The van der Waals surface area contributed by atoms with Crippen LogP contribution in [0.3, 0.4) is 0 Å². The lowest BCUT2D eigenvalue weighted by atomic mass is 10.2. The van der Waals surface area contributed by atoms with Crippen molar-refractivity contribution in [2.45, 2.75) is 17.9 Å². The van der Waals surface area contributed by atoms with Crippen molar-refractivity contribution in [3.8, 4) is 10.7 Å². The van der Waals surface area contributed by atoms with Gasteiger partial charge in [-0.2, -0.15) is 5.10 Å². The van der Waals surface area contributed by atoms with Crippen molar-refractivity contribution in [3.05, 3.63) is 46.5 Å². The number of aromatic nitrogens is 3. The SMILES string of the molecule is CSc1ccccc1NC(=O)[C@H](C)n1c(-c2cccs2)n[nH]c1=S. The number of H-pyrrole nitrogens is 1. The van der Waals surface area contributed by atoms with Crippen molar-refractivity contribution < 1.29 is 4.79 Å². The fourth-order valence-electron chi connectivity index (χ4n) is 2.35. The van der Waals surface area contributed by atoms with E-state index in [-0.39, 0.29) is 5.91 Å². The molecule has 24 heavy (non-hydrogen) atoms. The number of carbonyl (C=O) groups is 1. The average molecular weight is 377 g/mol. The number of para-hydroxylation sites is 1. The molecule has 2 heterocycles. The van der Waals surface area contributed by atoms with Crippen molar-refractivity contribution in [2.75, 3.05) is 11.6 Å². The quantitative estimate of drug-likeness (QED) is 0.505. The number of nitrogens with zero attached hydrogens (tertiary/aromatic N) is 2. The molecule has 1 amide bonds. The van der Waals surface area contributed by atoms with Gasteiger partial charge in [0, 0.05) is 4.90 Å². The molecule has 1 aromatic carbocycles. The van der Waals surface area contributed by atoms with Crippen LogP contribution in [0.25, 0.3) is 10.7 Å². The highest BCUT2D eigenvalue weighted by atomic mass is 32.2. The molecule has 2 N–H and O–H groups in total. The first-order valence-electron chi connectivity index (χ1n) is 7.26. The molecule has 0 spiro atoms. The van der Waals surface area contributed by atoms with Crippen LogP contribution < -0.4 is 5.32 Å². The number of hydrogen-bond acceptors (Lipinski definition) is 5. The van der Waals surface area contributed by atoms with Crippen LogP contribution in [0.1, 0.15) is 13.0 Å². The molecule has 0 aliphatic heterocycles. The van der Waals surface area contributed by atoms with Crippen LogP contribution in [0.2, 0.25) is 0 Å². The molecule has 0 unspecified atom stereocenters. The Kier molecular flexibility index (Phi) is 5.17. The minimum atomic E-state index is -0.483. The van der Waals surface area contributed by atoms with E-state index in [0.29, 0.717) is 10.6 Å². The third-order valence-electron chi connectivity index (χ3n) is 3.58. The lowest BCUT2D eigenvalue weighted by Gasteiger charge is -2.16. The second-order valence-corrected chi connectivity index (χ2v) is 7.25. The molecule has 1 atom stereocenters. The number of rotatable bonds is 5. The molecule has 8 heteroatoms. The molecule has 124 valence electrons. The molecule has 0 radical (unpaired) electrons. The first-order chi connectivity index (χ1) is 11.6. The highest BCUT2D eigenvalue weighted by Crippen LogP contribution is 2.28. The summed E-state index contributed by atoms with van der Waals surface area (Å²) in [6.07, 6.45) is 1.98. The lowest BCUT2D eigenvalue weighted by Crippen LogP contribution is -2.24. The molecule has 0 saturated carbocycles. The van der Waals surface area contributed by atoms with Crippen LogP contribution in [0, 0.1) is 4.77 Å².